The van der Waals surface area contributed by atoms with Crippen LogP contribution in [0, 0.1) is 0 Å². The van der Waals surface area contributed by atoms with Crippen LogP contribution < -0.4 is 15.4 Å². The van der Waals surface area contributed by atoms with Crippen molar-refractivity contribution in [2.45, 2.75) is 13.3 Å². The van der Waals surface area contributed by atoms with Crippen molar-refractivity contribution in [2.24, 2.45) is 4.99 Å². The predicted octanol–water partition coefficient (Wildman–Crippen LogP) is 1.60. The molecule has 0 atom stereocenters. The molecule has 9 heteroatoms. The fourth-order valence-electron chi connectivity index (χ4n) is 1.73. The van der Waals surface area contributed by atoms with Gasteiger partial charge in [-0.25, -0.2) is 13.1 Å². The Morgan fingerprint density at radius 2 is 1.83 bits per heavy atom. The molecule has 0 spiro atoms. The normalized spacial score (nSPS) is 11.7. The van der Waals surface area contributed by atoms with E-state index in [1.807, 2.05) is 24.3 Å². The van der Waals surface area contributed by atoms with Crippen LogP contribution in [0.2, 0.25) is 5.02 Å². The molecule has 0 saturated carbocycles. The molecule has 0 radical (unpaired) electrons. The second-order valence-corrected chi connectivity index (χ2v) is 7.07. The summed E-state index contributed by atoms with van der Waals surface area (Å²) in [5.74, 6) is 0.709. The van der Waals surface area contributed by atoms with E-state index in [0.29, 0.717) is 25.6 Å². The van der Waals surface area contributed by atoms with Gasteiger partial charge in [-0.1, -0.05) is 29.8 Å². The van der Waals surface area contributed by atoms with Crippen LogP contribution in [-0.2, 0) is 16.4 Å². The summed E-state index contributed by atoms with van der Waals surface area (Å²) < 4.78 is 25.0. The Balaban J connectivity index is 0.00000484. The molecule has 0 fully saturated rings. The van der Waals surface area contributed by atoms with Crippen LogP contribution in [0.25, 0.3) is 0 Å². The van der Waals surface area contributed by atoms with Crippen molar-refractivity contribution in [1.29, 1.82) is 0 Å². The molecular weight excluding hydrogens is 451 g/mol. The van der Waals surface area contributed by atoms with Crippen molar-refractivity contribution < 1.29 is 8.42 Å². The molecule has 0 unspecified atom stereocenters. The molecule has 1 aromatic rings. The van der Waals surface area contributed by atoms with Crippen molar-refractivity contribution in [1.82, 2.24) is 15.4 Å². The molecule has 0 aliphatic rings. The number of guanidine groups is 1. The van der Waals surface area contributed by atoms with Crippen molar-refractivity contribution in [3.05, 3.63) is 34.9 Å². The highest BCUT2D eigenvalue weighted by Crippen LogP contribution is 2.14. The minimum Gasteiger partial charge on any atom is -0.356 e. The molecule has 0 heterocycles. The number of halogens is 2. The van der Waals surface area contributed by atoms with Crippen LogP contribution in [0.3, 0.4) is 0 Å². The van der Waals surface area contributed by atoms with Gasteiger partial charge in [-0.05, 0) is 25.0 Å². The topological polar surface area (TPSA) is 82.6 Å². The first-order valence-electron chi connectivity index (χ1n) is 7.13. The lowest BCUT2D eigenvalue weighted by atomic mass is 10.1. The number of nitrogens with one attached hydrogen (secondary N) is 3. The fraction of sp³-hybridized carbons (Fsp3) is 0.500. The van der Waals surface area contributed by atoms with Gasteiger partial charge in [-0.3, -0.25) is 4.99 Å². The molecule has 0 aromatic heterocycles. The zero-order valence-corrected chi connectivity index (χ0v) is 17.2. The van der Waals surface area contributed by atoms with E-state index in [1.165, 1.54) is 0 Å². The highest BCUT2D eigenvalue weighted by Gasteiger charge is 2.05. The number of nitrogens with zero attached hydrogens (tertiary/aromatic N) is 1. The average molecular weight is 475 g/mol. The third-order valence-electron chi connectivity index (χ3n) is 2.99. The summed E-state index contributed by atoms with van der Waals surface area (Å²) in [5.41, 5.74) is 1.07. The first-order chi connectivity index (χ1) is 10.5. The van der Waals surface area contributed by atoms with Gasteiger partial charge in [0.2, 0.25) is 10.0 Å². The molecule has 0 saturated heterocycles. The standard InChI is InChI=1S/C14H23ClN4O2S.HI/c1-3-22(20,21)19-11-10-18-14(16-2)17-9-8-12-6-4-5-7-13(12)15;/h4-7,19H,3,8-11H2,1-2H3,(H2,16,17,18);1H. The van der Waals surface area contributed by atoms with Crippen molar-refractivity contribution in [3.63, 3.8) is 0 Å². The number of sulfonamides is 1. The van der Waals surface area contributed by atoms with E-state index in [2.05, 4.69) is 20.3 Å². The van der Waals surface area contributed by atoms with Crippen LogP contribution >= 0.6 is 35.6 Å². The van der Waals surface area contributed by atoms with E-state index in [9.17, 15) is 8.42 Å². The number of benzene rings is 1. The zero-order valence-electron chi connectivity index (χ0n) is 13.3. The van der Waals surface area contributed by atoms with Gasteiger partial charge in [0.15, 0.2) is 5.96 Å². The van der Waals surface area contributed by atoms with E-state index in [1.54, 1.807) is 14.0 Å². The first kappa shape index (κ1) is 22.4. The van der Waals surface area contributed by atoms with Gasteiger partial charge in [-0.15, -0.1) is 24.0 Å². The van der Waals surface area contributed by atoms with Gasteiger partial charge >= 0.3 is 0 Å². The van der Waals surface area contributed by atoms with Gasteiger partial charge < -0.3 is 10.6 Å². The molecule has 0 aliphatic carbocycles. The lowest BCUT2D eigenvalue weighted by Gasteiger charge is -2.12. The Morgan fingerprint density at radius 1 is 1.17 bits per heavy atom. The summed E-state index contributed by atoms with van der Waals surface area (Å²) >= 11 is 6.09. The number of aliphatic imine (C=N–C) groups is 1. The smallest absolute Gasteiger partial charge is 0.211 e. The van der Waals surface area contributed by atoms with Crippen LogP contribution in [-0.4, -0.2) is 46.8 Å². The number of rotatable bonds is 8. The molecule has 23 heavy (non-hydrogen) atoms. The van der Waals surface area contributed by atoms with Crippen molar-refractivity contribution in [3.8, 4) is 0 Å². The van der Waals surface area contributed by atoms with Gasteiger partial charge in [-0.2, -0.15) is 0 Å². The molecule has 3 N–H and O–H groups in total. The van der Waals surface area contributed by atoms with E-state index in [0.717, 1.165) is 17.0 Å². The summed E-state index contributed by atoms with van der Waals surface area (Å²) in [4.78, 5) is 4.08. The molecule has 1 aromatic carbocycles. The minimum absolute atomic E-state index is 0. The van der Waals surface area contributed by atoms with Crippen molar-refractivity contribution >= 4 is 51.6 Å². The van der Waals surface area contributed by atoms with Gasteiger partial charge in [0, 0.05) is 31.7 Å². The van der Waals surface area contributed by atoms with Crippen LogP contribution in [0.15, 0.2) is 29.3 Å². The summed E-state index contributed by atoms with van der Waals surface area (Å²) in [6.45, 7) is 3.07. The largest absolute Gasteiger partial charge is 0.356 e. The SMILES string of the molecule is CCS(=O)(=O)NCCNC(=NC)NCCc1ccccc1Cl.I. The maximum Gasteiger partial charge on any atom is 0.211 e. The van der Waals surface area contributed by atoms with Gasteiger partial charge in [0.1, 0.15) is 0 Å². The summed E-state index contributed by atoms with van der Waals surface area (Å²) in [5, 5.41) is 6.96. The molecule has 0 amide bonds. The minimum atomic E-state index is -3.15. The average Bonchev–Trinajstić information content (AvgIpc) is 2.51. The van der Waals surface area contributed by atoms with E-state index < -0.39 is 10.0 Å². The maximum absolute atomic E-state index is 11.3. The van der Waals surface area contributed by atoms with E-state index in [-0.39, 0.29) is 29.7 Å². The molecular formula is C14H24ClIN4O2S. The van der Waals surface area contributed by atoms with Gasteiger partial charge in [0.05, 0.1) is 5.75 Å². The van der Waals surface area contributed by atoms with Crippen LogP contribution in [0.5, 0.6) is 0 Å². The quantitative estimate of drug-likeness (QED) is 0.231. The maximum atomic E-state index is 11.3. The summed E-state index contributed by atoms with van der Waals surface area (Å²) in [6, 6.07) is 7.70. The molecule has 0 bridgehead atoms. The lowest BCUT2D eigenvalue weighted by molar-refractivity contribution is 0.582. The Morgan fingerprint density at radius 3 is 2.43 bits per heavy atom. The number of hydrogen-bond acceptors (Lipinski definition) is 3. The highest BCUT2D eigenvalue weighted by molar-refractivity contribution is 14.0. The van der Waals surface area contributed by atoms with Crippen molar-refractivity contribution in [2.75, 3.05) is 32.4 Å². The molecule has 1 rings (SSSR count). The second kappa shape index (κ2) is 11.9. The van der Waals surface area contributed by atoms with Crippen LogP contribution in [0.1, 0.15) is 12.5 Å². The fourth-order valence-corrected chi connectivity index (χ4v) is 2.57. The Hall–Kier alpha value is -0.580. The van der Waals surface area contributed by atoms with E-state index in [4.69, 9.17) is 11.6 Å². The number of hydrogen-bond donors (Lipinski definition) is 3. The monoisotopic (exact) mass is 474 g/mol. The third kappa shape index (κ3) is 9.33. The molecule has 0 aliphatic heterocycles. The highest BCUT2D eigenvalue weighted by atomic mass is 127. The summed E-state index contributed by atoms with van der Waals surface area (Å²) in [7, 11) is -1.48. The molecule has 6 nitrogen and oxygen atoms in total. The summed E-state index contributed by atoms with van der Waals surface area (Å²) in [6.07, 6.45) is 0.781. The van der Waals surface area contributed by atoms with Gasteiger partial charge in [0.25, 0.3) is 0 Å². The lowest BCUT2D eigenvalue weighted by Crippen LogP contribution is -2.42. The second-order valence-electron chi connectivity index (χ2n) is 4.56. The Bertz CT molecular complexity index is 596. The predicted molar refractivity (Wildman–Crippen MR) is 107 cm³/mol. The van der Waals surface area contributed by atoms with E-state index >= 15 is 0 Å². The Kier molecular flexibility index (Phi) is 11.6. The first-order valence-corrected chi connectivity index (χ1v) is 9.16. The zero-order chi connectivity index (χ0) is 16.4. The van der Waals surface area contributed by atoms with Crippen LogP contribution in [0.4, 0.5) is 0 Å². The Labute approximate surface area is 160 Å². The molecule has 132 valence electrons. The third-order valence-corrected chi connectivity index (χ3v) is 4.76.